The zero-order valence-electron chi connectivity index (χ0n) is 10.2. The first-order valence-electron chi connectivity index (χ1n) is 5.36. The Balaban J connectivity index is 4.96. The average molecular weight is 215 g/mol. The van der Waals surface area contributed by atoms with Crippen LogP contribution >= 0.6 is 0 Å². The number of carbonyl (C=O) groups excluding carboxylic acids is 2. The summed E-state index contributed by atoms with van der Waals surface area (Å²) in [5.41, 5.74) is -0.887. The van der Waals surface area contributed by atoms with Crippen molar-refractivity contribution < 1.29 is 14.3 Å². The van der Waals surface area contributed by atoms with Gasteiger partial charge in [-0.15, -0.1) is 0 Å². The molecule has 4 heteroatoms. The Hall–Kier alpha value is -1.06. The van der Waals surface area contributed by atoms with Gasteiger partial charge in [0.15, 0.2) is 0 Å². The molecule has 0 rings (SSSR count). The fraction of sp³-hybridized carbons (Fsp3) is 0.818. The van der Waals surface area contributed by atoms with Crippen molar-refractivity contribution in [3.05, 3.63) is 0 Å². The van der Waals surface area contributed by atoms with E-state index in [4.69, 9.17) is 4.74 Å². The molecular weight excluding hydrogens is 194 g/mol. The van der Waals surface area contributed by atoms with Gasteiger partial charge in [-0.2, -0.15) is 0 Å². The topological polar surface area (TPSA) is 55.4 Å². The number of nitrogens with one attached hydrogen (secondary N) is 1. The van der Waals surface area contributed by atoms with E-state index in [0.29, 0.717) is 13.0 Å². The lowest BCUT2D eigenvalue weighted by Crippen LogP contribution is -2.58. The number of carbonyl (C=O) groups is 2. The van der Waals surface area contributed by atoms with Crippen LogP contribution in [0.2, 0.25) is 0 Å². The van der Waals surface area contributed by atoms with E-state index >= 15 is 0 Å². The predicted molar refractivity (Wildman–Crippen MR) is 58.3 cm³/mol. The third kappa shape index (κ3) is 3.22. The number of esters is 1. The molecule has 0 aromatic carbocycles. The van der Waals surface area contributed by atoms with Crippen molar-refractivity contribution in [2.24, 2.45) is 5.92 Å². The first-order chi connectivity index (χ1) is 6.90. The lowest BCUT2D eigenvalue weighted by molar-refractivity contribution is -0.155. The number of hydrogen-bond donors (Lipinski definition) is 1. The molecule has 0 bridgehead atoms. The maximum atomic E-state index is 11.8. The summed E-state index contributed by atoms with van der Waals surface area (Å²) in [4.78, 5) is 22.9. The predicted octanol–water partition coefficient (Wildman–Crippen LogP) is 1.49. The van der Waals surface area contributed by atoms with Crippen LogP contribution in [0.15, 0.2) is 0 Å². The second-order valence-corrected chi connectivity index (χ2v) is 3.88. The summed E-state index contributed by atoms with van der Waals surface area (Å²) >= 11 is 0. The van der Waals surface area contributed by atoms with Crippen LogP contribution in [-0.4, -0.2) is 24.0 Å². The number of ether oxygens (including phenoxy) is 1. The maximum Gasteiger partial charge on any atom is 0.332 e. The van der Waals surface area contributed by atoms with Gasteiger partial charge in [0.2, 0.25) is 5.91 Å². The van der Waals surface area contributed by atoms with Crippen LogP contribution < -0.4 is 5.32 Å². The Morgan fingerprint density at radius 3 is 2.13 bits per heavy atom. The highest BCUT2D eigenvalue weighted by Gasteiger charge is 2.42. The SMILES string of the molecule is CCOC(=O)[C@@](CC)(NC(C)=O)C(C)C. The highest BCUT2D eigenvalue weighted by atomic mass is 16.5. The Labute approximate surface area is 91.4 Å². The maximum absolute atomic E-state index is 11.8. The largest absolute Gasteiger partial charge is 0.464 e. The van der Waals surface area contributed by atoms with E-state index in [-0.39, 0.29) is 17.8 Å². The molecule has 0 aromatic heterocycles. The second kappa shape index (κ2) is 5.73. The summed E-state index contributed by atoms with van der Waals surface area (Å²) in [7, 11) is 0. The molecular formula is C11H21NO3. The third-order valence-corrected chi connectivity index (χ3v) is 2.58. The molecule has 0 spiro atoms. The fourth-order valence-electron chi connectivity index (χ4n) is 1.65. The smallest absolute Gasteiger partial charge is 0.332 e. The molecule has 4 nitrogen and oxygen atoms in total. The van der Waals surface area contributed by atoms with Crippen molar-refractivity contribution in [2.45, 2.75) is 46.6 Å². The van der Waals surface area contributed by atoms with E-state index in [2.05, 4.69) is 5.32 Å². The van der Waals surface area contributed by atoms with E-state index < -0.39 is 5.54 Å². The first kappa shape index (κ1) is 13.9. The van der Waals surface area contributed by atoms with Gasteiger partial charge >= 0.3 is 5.97 Å². The molecule has 0 saturated carbocycles. The molecule has 0 fully saturated rings. The quantitative estimate of drug-likeness (QED) is 0.707. The Kier molecular flexibility index (Phi) is 5.33. The number of amides is 1. The van der Waals surface area contributed by atoms with Gasteiger partial charge < -0.3 is 10.1 Å². The minimum absolute atomic E-state index is 0.00505. The van der Waals surface area contributed by atoms with Crippen LogP contribution in [0.5, 0.6) is 0 Å². The molecule has 1 amide bonds. The monoisotopic (exact) mass is 215 g/mol. The molecule has 0 aliphatic rings. The molecule has 0 aromatic rings. The van der Waals surface area contributed by atoms with Gasteiger partial charge in [-0.1, -0.05) is 20.8 Å². The van der Waals surface area contributed by atoms with Gasteiger partial charge in [0.05, 0.1) is 6.61 Å². The first-order valence-corrected chi connectivity index (χ1v) is 5.36. The van der Waals surface area contributed by atoms with Crippen LogP contribution in [0, 0.1) is 5.92 Å². The van der Waals surface area contributed by atoms with Crippen molar-refractivity contribution in [1.29, 1.82) is 0 Å². The lowest BCUT2D eigenvalue weighted by Gasteiger charge is -2.34. The standard InChI is InChI=1S/C11H21NO3/c1-6-11(8(3)4,12-9(5)13)10(14)15-7-2/h8H,6-7H2,1-5H3,(H,12,13)/t11-/m0/s1. The minimum Gasteiger partial charge on any atom is -0.464 e. The number of rotatable bonds is 5. The van der Waals surface area contributed by atoms with Crippen molar-refractivity contribution in [3.63, 3.8) is 0 Å². The van der Waals surface area contributed by atoms with Gasteiger partial charge in [-0.25, -0.2) is 4.79 Å². The zero-order chi connectivity index (χ0) is 12.1. The van der Waals surface area contributed by atoms with Crippen LogP contribution in [0.1, 0.15) is 41.0 Å². The fourth-order valence-corrected chi connectivity index (χ4v) is 1.65. The van der Waals surface area contributed by atoms with Crippen LogP contribution in [0.25, 0.3) is 0 Å². The summed E-state index contributed by atoms with van der Waals surface area (Å²) in [6.45, 7) is 9.16. The molecule has 88 valence electrons. The molecule has 15 heavy (non-hydrogen) atoms. The van der Waals surface area contributed by atoms with E-state index in [9.17, 15) is 9.59 Å². The van der Waals surface area contributed by atoms with Gasteiger partial charge in [0.1, 0.15) is 5.54 Å². The van der Waals surface area contributed by atoms with Crippen molar-refractivity contribution in [1.82, 2.24) is 5.32 Å². The Morgan fingerprint density at radius 2 is 1.87 bits per heavy atom. The summed E-state index contributed by atoms with van der Waals surface area (Å²) in [5.74, 6) is -0.554. The van der Waals surface area contributed by atoms with Crippen molar-refractivity contribution in [2.75, 3.05) is 6.61 Å². The summed E-state index contributed by atoms with van der Waals surface area (Å²) in [6, 6.07) is 0. The van der Waals surface area contributed by atoms with Crippen molar-refractivity contribution in [3.8, 4) is 0 Å². The van der Waals surface area contributed by atoms with Gasteiger partial charge in [0, 0.05) is 6.92 Å². The molecule has 0 radical (unpaired) electrons. The van der Waals surface area contributed by atoms with E-state index in [1.165, 1.54) is 6.92 Å². The van der Waals surface area contributed by atoms with Gasteiger partial charge in [-0.3, -0.25) is 4.79 Å². The Bertz CT molecular complexity index is 238. The summed E-state index contributed by atoms with van der Waals surface area (Å²) in [5, 5.41) is 2.71. The number of hydrogen-bond acceptors (Lipinski definition) is 3. The van der Waals surface area contributed by atoms with Gasteiger partial charge in [0.25, 0.3) is 0 Å². The molecule has 1 atom stereocenters. The highest BCUT2D eigenvalue weighted by molar-refractivity contribution is 5.87. The average Bonchev–Trinajstić information content (AvgIpc) is 2.13. The van der Waals surface area contributed by atoms with Crippen LogP contribution in [-0.2, 0) is 14.3 Å². The van der Waals surface area contributed by atoms with Gasteiger partial charge in [-0.05, 0) is 19.3 Å². The van der Waals surface area contributed by atoms with E-state index in [0.717, 1.165) is 0 Å². The lowest BCUT2D eigenvalue weighted by atomic mass is 9.83. The molecule has 0 saturated heterocycles. The summed E-state index contributed by atoms with van der Waals surface area (Å²) in [6.07, 6.45) is 0.531. The molecule has 0 aliphatic carbocycles. The molecule has 0 aliphatic heterocycles. The van der Waals surface area contributed by atoms with E-state index in [1.54, 1.807) is 6.92 Å². The van der Waals surface area contributed by atoms with Crippen molar-refractivity contribution >= 4 is 11.9 Å². The van der Waals surface area contributed by atoms with Crippen LogP contribution in [0.3, 0.4) is 0 Å². The van der Waals surface area contributed by atoms with Crippen LogP contribution in [0.4, 0.5) is 0 Å². The normalized spacial score (nSPS) is 14.5. The Morgan fingerprint density at radius 1 is 1.33 bits per heavy atom. The second-order valence-electron chi connectivity index (χ2n) is 3.88. The molecule has 0 unspecified atom stereocenters. The molecule has 0 heterocycles. The minimum atomic E-state index is -0.887. The zero-order valence-corrected chi connectivity index (χ0v) is 10.2. The van der Waals surface area contributed by atoms with E-state index in [1.807, 2.05) is 20.8 Å². The third-order valence-electron chi connectivity index (χ3n) is 2.58. The highest BCUT2D eigenvalue weighted by Crippen LogP contribution is 2.23. The summed E-state index contributed by atoms with van der Waals surface area (Å²) < 4.78 is 5.01. The molecule has 1 N–H and O–H groups in total.